The summed E-state index contributed by atoms with van der Waals surface area (Å²) in [6.07, 6.45) is 1.77. The van der Waals surface area contributed by atoms with Crippen molar-refractivity contribution in [3.63, 3.8) is 0 Å². The van der Waals surface area contributed by atoms with Crippen molar-refractivity contribution in [2.75, 3.05) is 5.32 Å². The van der Waals surface area contributed by atoms with Crippen molar-refractivity contribution in [1.82, 2.24) is 0 Å². The molecule has 0 unspecified atom stereocenters. The summed E-state index contributed by atoms with van der Waals surface area (Å²) in [6.45, 7) is 0.248. The maximum atomic E-state index is 12.6. The number of ether oxygens (including phenoxy) is 1. The fourth-order valence-electron chi connectivity index (χ4n) is 3.27. The van der Waals surface area contributed by atoms with E-state index in [9.17, 15) is 14.7 Å². The summed E-state index contributed by atoms with van der Waals surface area (Å²) in [5.74, 6) is -0.849. The van der Waals surface area contributed by atoms with Crippen molar-refractivity contribution in [1.29, 1.82) is 0 Å². The van der Waals surface area contributed by atoms with Crippen molar-refractivity contribution in [2.24, 2.45) is 11.7 Å². The van der Waals surface area contributed by atoms with Gasteiger partial charge in [0, 0.05) is 0 Å². The molecule has 0 radical (unpaired) electrons. The normalized spacial score (nSPS) is 22.0. The van der Waals surface area contributed by atoms with E-state index in [1.54, 1.807) is 18.2 Å². The highest BCUT2D eigenvalue weighted by Crippen LogP contribution is 2.33. The Balaban J connectivity index is 1.51. The number of phenolic OH excluding ortho intramolecular Hbond substituents is 1. The van der Waals surface area contributed by atoms with Crippen LogP contribution in [0.3, 0.4) is 0 Å². The third kappa shape index (κ3) is 4.65. The summed E-state index contributed by atoms with van der Waals surface area (Å²) < 4.78 is 5.39. The number of hydrogen-bond donors (Lipinski definition) is 3. The Bertz CT molecular complexity index is 799. The van der Waals surface area contributed by atoms with Crippen LogP contribution in [-0.4, -0.2) is 22.5 Å². The molecule has 4 N–H and O–H groups in total. The molecule has 142 valence electrons. The van der Waals surface area contributed by atoms with Crippen LogP contribution < -0.4 is 11.1 Å². The third-order valence-electron chi connectivity index (χ3n) is 5.04. The molecule has 1 amide bonds. The first-order valence-corrected chi connectivity index (χ1v) is 9.07. The third-order valence-corrected chi connectivity index (χ3v) is 5.04. The number of esters is 1. The van der Waals surface area contributed by atoms with Gasteiger partial charge in [0.2, 0.25) is 5.91 Å². The summed E-state index contributed by atoms with van der Waals surface area (Å²) in [7, 11) is 0. The molecule has 1 fully saturated rings. The molecule has 0 heterocycles. The highest BCUT2D eigenvalue weighted by atomic mass is 16.5. The maximum Gasteiger partial charge on any atom is 0.309 e. The number of carbonyl (C=O) groups is 2. The summed E-state index contributed by atoms with van der Waals surface area (Å²) >= 11 is 0. The smallest absolute Gasteiger partial charge is 0.309 e. The quantitative estimate of drug-likeness (QED) is 0.556. The van der Waals surface area contributed by atoms with Crippen molar-refractivity contribution >= 4 is 17.6 Å². The highest BCUT2D eigenvalue weighted by Gasteiger charge is 2.40. The van der Waals surface area contributed by atoms with E-state index in [1.807, 2.05) is 30.3 Å². The molecule has 0 saturated heterocycles. The molecule has 3 rings (SSSR count). The first kappa shape index (κ1) is 18.9. The fourth-order valence-corrected chi connectivity index (χ4v) is 3.27. The zero-order valence-corrected chi connectivity index (χ0v) is 15.1. The lowest BCUT2D eigenvalue weighted by atomic mass is 9.76. The minimum absolute atomic E-state index is 0.00683. The standard InChI is InChI=1S/C21H24N2O4/c22-21(20(26)23-17-8-4-5-9-18(17)24)12-10-16(11-13-21)19(25)27-14-15-6-2-1-3-7-15/h1-9,16,24H,10-14,22H2,(H,23,26). The number of nitrogens with two attached hydrogens (primary N) is 1. The van der Waals surface area contributed by atoms with E-state index >= 15 is 0 Å². The largest absolute Gasteiger partial charge is 0.506 e. The lowest BCUT2D eigenvalue weighted by Crippen LogP contribution is -2.53. The molecule has 6 heteroatoms. The van der Waals surface area contributed by atoms with Gasteiger partial charge < -0.3 is 20.9 Å². The molecule has 1 saturated carbocycles. The monoisotopic (exact) mass is 368 g/mol. The van der Waals surface area contributed by atoms with E-state index in [0.717, 1.165) is 5.56 Å². The number of nitrogens with one attached hydrogen (secondary N) is 1. The Morgan fingerprint density at radius 1 is 1.07 bits per heavy atom. The van der Waals surface area contributed by atoms with Crippen molar-refractivity contribution < 1.29 is 19.4 Å². The van der Waals surface area contributed by atoms with Crippen molar-refractivity contribution in [3.05, 3.63) is 60.2 Å². The average Bonchev–Trinajstić information content (AvgIpc) is 2.69. The predicted octanol–water partition coefficient (Wildman–Crippen LogP) is 2.96. The van der Waals surface area contributed by atoms with Gasteiger partial charge in [-0.25, -0.2) is 0 Å². The number of carbonyl (C=O) groups excluding carboxylic acids is 2. The molecule has 2 aromatic rings. The molecule has 0 aromatic heterocycles. The van der Waals surface area contributed by atoms with Crippen LogP contribution in [0.25, 0.3) is 0 Å². The van der Waals surface area contributed by atoms with Crippen LogP contribution in [0.5, 0.6) is 5.75 Å². The summed E-state index contributed by atoms with van der Waals surface area (Å²) in [4.78, 5) is 24.9. The molecule has 0 aliphatic heterocycles. The number of anilines is 1. The first-order chi connectivity index (χ1) is 13.0. The zero-order valence-electron chi connectivity index (χ0n) is 15.1. The molecule has 27 heavy (non-hydrogen) atoms. The van der Waals surface area contributed by atoms with Gasteiger partial charge in [0.1, 0.15) is 12.4 Å². The van der Waals surface area contributed by atoms with Gasteiger partial charge in [0.15, 0.2) is 0 Å². The second kappa shape index (κ2) is 8.22. The van der Waals surface area contributed by atoms with Gasteiger partial charge in [0.05, 0.1) is 17.1 Å². The predicted molar refractivity (Wildman–Crippen MR) is 102 cm³/mol. The number of benzene rings is 2. The summed E-state index contributed by atoms with van der Waals surface area (Å²) in [5, 5.41) is 12.5. The molecular weight excluding hydrogens is 344 g/mol. The Hall–Kier alpha value is -2.86. The minimum Gasteiger partial charge on any atom is -0.506 e. The maximum absolute atomic E-state index is 12.6. The molecular formula is C21H24N2O4. The zero-order chi connectivity index (χ0) is 19.3. The van der Waals surface area contributed by atoms with Gasteiger partial charge in [-0.2, -0.15) is 0 Å². The molecule has 0 atom stereocenters. The first-order valence-electron chi connectivity index (χ1n) is 9.07. The molecule has 0 spiro atoms. The van der Waals surface area contributed by atoms with Gasteiger partial charge in [0.25, 0.3) is 0 Å². The molecule has 0 bridgehead atoms. The van der Waals surface area contributed by atoms with Gasteiger partial charge in [-0.05, 0) is 43.4 Å². The van der Waals surface area contributed by atoms with Crippen LogP contribution in [0.2, 0.25) is 0 Å². The van der Waals surface area contributed by atoms with Crippen LogP contribution in [0.4, 0.5) is 5.69 Å². The second-order valence-corrected chi connectivity index (χ2v) is 6.99. The Labute approximate surface area is 158 Å². The van der Waals surface area contributed by atoms with Crippen molar-refractivity contribution in [3.8, 4) is 5.75 Å². The van der Waals surface area contributed by atoms with Crippen molar-refractivity contribution in [2.45, 2.75) is 37.8 Å². The number of para-hydroxylation sites is 2. The Kier molecular flexibility index (Phi) is 5.76. The number of phenols is 1. The van der Waals surface area contributed by atoms with Crippen LogP contribution in [0, 0.1) is 5.92 Å². The van der Waals surface area contributed by atoms with Crippen LogP contribution in [0.1, 0.15) is 31.2 Å². The lowest BCUT2D eigenvalue weighted by molar-refractivity contribution is -0.152. The SMILES string of the molecule is NC1(C(=O)Nc2ccccc2O)CCC(C(=O)OCc2ccccc2)CC1. The molecule has 1 aliphatic rings. The van der Waals surface area contributed by atoms with E-state index in [-0.39, 0.29) is 30.2 Å². The van der Waals surface area contributed by atoms with Gasteiger partial charge in [-0.15, -0.1) is 0 Å². The molecule has 1 aliphatic carbocycles. The van der Waals surface area contributed by atoms with E-state index in [4.69, 9.17) is 10.5 Å². The van der Waals surface area contributed by atoms with Gasteiger partial charge in [-0.1, -0.05) is 42.5 Å². The van der Waals surface area contributed by atoms with Gasteiger partial charge >= 0.3 is 5.97 Å². The lowest BCUT2D eigenvalue weighted by Gasteiger charge is -2.35. The van der Waals surface area contributed by atoms with E-state index in [2.05, 4.69) is 5.32 Å². The van der Waals surface area contributed by atoms with E-state index in [0.29, 0.717) is 31.4 Å². The summed E-state index contributed by atoms with van der Waals surface area (Å²) in [5.41, 5.74) is 6.50. The highest BCUT2D eigenvalue weighted by molar-refractivity contribution is 5.99. The molecule has 2 aromatic carbocycles. The van der Waals surface area contributed by atoms with E-state index in [1.165, 1.54) is 6.07 Å². The van der Waals surface area contributed by atoms with Gasteiger partial charge in [-0.3, -0.25) is 9.59 Å². The fraction of sp³-hybridized carbons (Fsp3) is 0.333. The summed E-state index contributed by atoms with van der Waals surface area (Å²) in [6, 6.07) is 16.0. The van der Waals surface area contributed by atoms with Crippen LogP contribution >= 0.6 is 0 Å². The van der Waals surface area contributed by atoms with E-state index < -0.39 is 5.54 Å². The topological polar surface area (TPSA) is 102 Å². The number of rotatable bonds is 5. The van der Waals surface area contributed by atoms with Crippen LogP contribution in [-0.2, 0) is 20.9 Å². The Morgan fingerprint density at radius 2 is 1.70 bits per heavy atom. The average molecular weight is 368 g/mol. The Morgan fingerprint density at radius 3 is 2.37 bits per heavy atom. The van der Waals surface area contributed by atoms with Crippen LogP contribution in [0.15, 0.2) is 54.6 Å². The number of hydrogen-bond acceptors (Lipinski definition) is 5. The molecule has 6 nitrogen and oxygen atoms in total. The minimum atomic E-state index is -1.06. The number of aromatic hydroxyl groups is 1. The second-order valence-electron chi connectivity index (χ2n) is 6.99. The number of amides is 1.